The number of hydrogen-bond donors (Lipinski definition) is 3. The molecule has 0 saturated carbocycles. The van der Waals surface area contributed by atoms with E-state index in [1.54, 1.807) is 0 Å². The quantitative estimate of drug-likeness (QED) is 0.250. The van der Waals surface area contributed by atoms with Crippen LogP contribution in [0.15, 0.2) is 0 Å². The molecule has 4 radical (unpaired) electrons. The largest absolute Gasteiger partial charge is 0.370 e. The molecule has 0 aliphatic heterocycles. The van der Waals surface area contributed by atoms with Crippen LogP contribution < -0.4 is 11.5 Å². The van der Waals surface area contributed by atoms with Crippen LogP contribution in [0.25, 0.3) is 0 Å². The highest BCUT2D eigenvalue weighted by molar-refractivity contribution is 5.71. The van der Waals surface area contributed by atoms with Crippen molar-refractivity contribution in [2.45, 2.75) is 0 Å². The standard InChI is InChI=1S/CH5N3.2O/c2-1(3)4;;/h(H5,2,3,4);;. The normalized spacial score (nSPS) is 4.00. The Kier molecular flexibility index (Phi) is 28.1. The fourth-order valence-electron chi connectivity index (χ4n) is 0. The minimum absolute atomic E-state index is 0. The van der Waals surface area contributed by atoms with Crippen molar-refractivity contribution in [1.82, 2.24) is 0 Å². The van der Waals surface area contributed by atoms with E-state index in [-0.39, 0.29) is 16.9 Å². The average molecular weight is 91.1 g/mol. The van der Waals surface area contributed by atoms with E-state index in [0.29, 0.717) is 0 Å². The lowest BCUT2D eigenvalue weighted by atomic mass is 11.1. The van der Waals surface area contributed by atoms with Crippen LogP contribution in [0.1, 0.15) is 0 Å². The third kappa shape index (κ3) is 23.3. The van der Waals surface area contributed by atoms with Gasteiger partial charge in [-0.15, -0.1) is 0 Å². The van der Waals surface area contributed by atoms with E-state index < -0.39 is 0 Å². The van der Waals surface area contributed by atoms with Crippen LogP contribution in [0.2, 0.25) is 0 Å². The molecule has 0 heterocycles. The highest BCUT2D eigenvalue weighted by Crippen LogP contribution is 1.13. The van der Waals surface area contributed by atoms with Crippen molar-refractivity contribution in [3.05, 3.63) is 0 Å². The molecular formula is CH5N3O2. The van der Waals surface area contributed by atoms with E-state index >= 15 is 0 Å². The molecule has 0 aliphatic carbocycles. The van der Waals surface area contributed by atoms with Gasteiger partial charge >= 0.3 is 0 Å². The molecule has 5 N–H and O–H groups in total. The molecule has 0 amide bonds. The third-order valence-electron chi connectivity index (χ3n) is 0. The topological polar surface area (TPSA) is 133 Å². The highest BCUT2D eigenvalue weighted by atomic mass is 16.0. The van der Waals surface area contributed by atoms with E-state index in [4.69, 9.17) is 5.41 Å². The monoisotopic (exact) mass is 91.0 g/mol. The number of rotatable bonds is 0. The first-order valence-electron chi connectivity index (χ1n) is 0.827. The second kappa shape index (κ2) is 8.89. The Labute approximate surface area is 35.1 Å². The van der Waals surface area contributed by atoms with Crippen molar-refractivity contribution in [1.29, 1.82) is 5.41 Å². The first-order valence-corrected chi connectivity index (χ1v) is 0.827. The zero-order valence-corrected chi connectivity index (χ0v) is 2.97. The molecule has 0 unspecified atom stereocenters. The predicted octanol–water partition coefficient (Wildman–Crippen LogP) is -1.40. The van der Waals surface area contributed by atoms with Gasteiger partial charge in [-0.25, -0.2) is 0 Å². The Hall–Kier alpha value is -0.810. The first kappa shape index (κ1) is 19.0. The first-order chi connectivity index (χ1) is 1.73. The summed E-state index contributed by atoms with van der Waals surface area (Å²) in [7, 11) is 0. The molecule has 5 heteroatoms. The summed E-state index contributed by atoms with van der Waals surface area (Å²) in [5.41, 5.74) is 8.94. The SMILES string of the molecule is N=C(N)N.[O].[O]. The Balaban J connectivity index is -0.0000000450. The highest BCUT2D eigenvalue weighted by Gasteiger charge is 1.52. The number of guanidine groups is 1. The van der Waals surface area contributed by atoms with Crippen LogP contribution >= 0.6 is 0 Å². The Morgan fingerprint density at radius 1 is 1.17 bits per heavy atom. The zero-order valence-electron chi connectivity index (χ0n) is 2.97. The van der Waals surface area contributed by atoms with E-state index in [9.17, 15) is 0 Å². The maximum absolute atomic E-state index is 6.06. The molecule has 36 valence electrons. The molecule has 6 heavy (non-hydrogen) atoms. The summed E-state index contributed by atoms with van der Waals surface area (Å²) in [6.45, 7) is 0. The van der Waals surface area contributed by atoms with Gasteiger partial charge in [0, 0.05) is 11.0 Å². The van der Waals surface area contributed by atoms with E-state index in [0.717, 1.165) is 0 Å². The maximum atomic E-state index is 6.06. The number of hydrogen-bond acceptors (Lipinski definition) is 1. The van der Waals surface area contributed by atoms with Gasteiger partial charge in [-0.3, -0.25) is 5.41 Å². The Morgan fingerprint density at radius 3 is 1.17 bits per heavy atom. The van der Waals surface area contributed by atoms with E-state index in [2.05, 4.69) is 11.5 Å². The summed E-state index contributed by atoms with van der Waals surface area (Å²) >= 11 is 0. The van der Waals surface area contributed by atoms with Gasteiger partial charge < -0.3 is 11.5 Å². The van der Waals surface area contributed by atoms with Crippen molar-refractivity contribution in [2.24, 2.45) is 11.5 Å². The lowest BCUT2D eigenvalue weighted by molar-refractivity contribution is 0.686. The molecule has 0 spiro atoms. The predicted molar refractivity (Wildman–Crippen MR) is 17.5 cm³/mol. The van der Waals surface area contributed by atoms with Gasteiger partial charge in [-0.1, -0.05) is 0 Å². The molecule has 0 atom stereocenters. The van der Waals surface area contributed by atoms with Gasteiger partial charge in [0.05, 0.1) is 0 Å². The molecule has 0 aromatic carbocycles. The minimum atomic E-state index is -0.333. The van der Waals surface area contributed by atoms with Crippen LogP contribution in [-0.4, -0.2) is 5.96 Å². The average Bonchev–Trinajstić information content (AvgIpc) is 0.811. The van der Waals surface area contributed by atoms with Crippen molar-refractivity contribution >= 4 is 5.96 Å². The second-order valence-corrected chi connectivity index (χ2v) is 0.455. The second-order valence-electron chi connectivity index (χ2n) is 0.455. The van der Waals surface area contributed by atoms with E-state index in [1.807, 2.05) is 0 Å². The molecule has 0 aromatic rings. The summed E-state index contributed by atoms with van der Waals surface area (Å²) in [5, 5.41) is 6.06. The van der Waals surface area contributed by atoms with Gasteiger partial charge in [0.1, 0.15) is 0 Å². The molecule has 0 aliphatic rings. The summed E-state index contributed by atoms with van der Waals surface area (Å²) in [4.78, 5) is 0. The Bertz CT molecular complexity index is 31.8. The van der Waals surface area contributed by atoms with Crippen molar-refractivity contribution < 1.29 is 11.0 Å². The lowest BCUT2D eigenvalue weighted by Gasteiger charge is -1.69. The van der Waals surface area contributed by atoms with Crippen LogP contribution in [0.4, 0.5) is 0 Å². The van der Waals surface area contributed by atoms with Gasteiger partial charge in [0.15, 0.2) is 5.96 Å². The minimum Gasteiger partial charge on any atom is -0.370 e. The lowest BCUT2D eigenvalue weighted by Crippen LogP contribution is -2.20. The van der Waals surface area contributed by atoms with Gasteiger partial charge in [-0.05, 0) is 0 Å². The maximum Gasteiger partial charge on any atom is 0.183 e. The van der Waals surface area contributed by atoms with Crippen LogP contribution in [-0.2, 0) is 11.0 Å². The van der Waals surface area contributed by atoms with Crippen molar-refractivity contribution in [3.8, 4) is 0 Å². The van der Waals surface area contributed by atoms with Crippen molar-refractivity contribution in [2.75, 3.05) is 0 Å². The third-order valence-corrected chi connectivity index (χ3v) is 0. The number of nitrogens with two attached hydrogens (primary N) is 2. The van der Waals surface area contributed by atoms with Gasteiger partial charge in [0.25, 0.3) is 0 Å². The fourth-order valence-corrected chi connectivity index (χ4v) is 0. The molecule has 0 rings (SSSR count). The number of nitrogens with one attached hydrogen (secondary N) is 1. The van der Waals surface area contributed by atoms with Gasteiger partial charge in [-0.2, -0.15) is 0 Å². The fraction of sp³-hybridized carbons (Fsp3) is 0. The molecule has 0 aromatic heterocycles. The summed E-state index contributed by atoms with van der Waals surface area (Å²) in [6, 6.07) is 0. The van der Waals surface area contributed by atoms with E-state index in [1.165, 1.54) is 0 Å². The van der Waals surface area contributed by atoms with Crippen molar-refractivity contribution in [3.63, 3.8) is 0 Å². The van der Waals surface area contributed by atoms with Gasteiger partial charge in [0.2, 0.25) is 0 Å². The molecular weight excluding hydrogens is 86.0 g/mol. The van der Waals surface area contributed by atoms with Crippen LogP contribution in [0.5, 0.6) is 0 Å². The smallest absolute Gasteiger partial charge is 0.183 e. The molecule has 0 fully saturated rings. The summed E-state index contributed by atoms with van der Waals surface area (Å²) in [5.74, 6) is -0.333. The molecule has 5 nitrogen and oxygen atoms in total. The molecule has 0 bridgehead atoms. The summed E-state index contributed by atoms with van der Waals surface area (Å²) in [6.07, 6.45) is 0. The molecule has 0 saturated heterocycles. The Morgan fingerprint density at radius 2 is 1.17 bits per heavy atom. The van der Waals surface area contributed by atoms with Crippen LogP contribution in [0.3, 0.4) is 0 Å². The summed E-state index contributed by atoms with van der Waals surface area (Å²) < 4.78 is 0. The zero-order chi connectivity index (χ0) is 3.58. The van der Waals surface area contributed by atoms with Crippen LogP contribution in [0, 0.1) is 5.41 Å².